The lowest BCUT2D eigenvalue weighted by molar-refractivity contribution is 0.354. The lowest BCUT2D eigenvalue weighted by atomic mass is 10.1. The summed E-state index contributed by atoms with van der Waals surface area (Å²) in [5.41, 5.74) is 1.87. The predicted octanol–water partition coefficient (Wildman–Crippen LogP) is 3.54. The molecule has 0 saturated carbocycles. The van der Waals surface area contributed by atoms with Crippen molar-refractivity contribution in [3.8, 4) is 22.9 Å². The van der Waals surface area contributed by atoms with Crippen LogP contribution in [0.25, 0.3) is 11.4 Å². The van der Waals surface area contributed by atoms with Crippen LogP contribution in [0.15, 0.2) is 76.4 Å². The molecule has 1 N–H and O–H groups in total. The number of hydrogen-bond donors (Lipinski definition) is 1. The van der Waals surface area contributed by atoms with Crippen LogP contribution in [-0.2, 0) is 16.4 Å². The van der Waals surface area contributed by atoms with Crippen molar-refractivity contribution < 1.29 is 22.4 Å². The second-order valence-electron chi connectivity index (χ2n) is 6.70. The van der Waals surface area contributed by atoms with Crippen LogP contribution in [-0.4, -0.2) is 37.8 Å². The fourth-order valence-corrected chi connectivity index (χ4v) is 4.19. The van der Waals surface area contributed by atoms with Crippen molar-refractivity contribution in [1.29, 1.82) is 0 Å². The number of ether oxygens (including phenoxy) is 2. The van der Waals surface area contributed by atoms with E-state index in [4.69, 9.17) is 14.0 Å². The maximum Gasteiger partial charge on any atom is 0.262 e. The van der Waals surface area contributed by atoms with Crippen LogP contribution >= 0.6 is 0 Å². The smallest absolute Gasteiger partial charge is 0.262 e. The number of pyridine rings is 1. The first-order chi connectivity index (χ1) is 15.5. The van der Waals surface area contributed by atoms with Gasteiger partial charge in [0.05, 0.1) is 31.2 Å². The van der Waals surface area contributed by atoms with Crippen molar-refractivity contribution in [2.24, 2.45) is 0 Å². The van der Waals surface area contributed by atoms with E-state index in [-0.39, 0.29) is 11.3 Å². The van der Waals surface area contributed by atoms with Gasteiger partial charge in [-0.15, -0.1) is 0 Å². The number of anilines is 1. The summed E-state index contributed by atoms with van der Waals surface area (Å²) in [6.45, 7) is 0. The Morgan fingerprint density at radius 3 is 2.47 bits per heavy atom. The minimum absolute atomic E-state index is 0.0442. The average Bonchev–Trinajstić information content (AvgIpc) is 3.29. The van der Waals surface area contributed by atoms with Gasteiger partial charge in [-0.25, -0.2) is 8.42 Å². The van der Waals surface area contributed by atoms with Crippen molar-refractivity contribution in [3.05, 3.63) is 78.4 Å². The first-order valence-corrected chi connectivity index (χ1v) is 11.0. The Labute approximate surface area is 185 Å². The molecule has 2 aromatic heterocycles. The lowest BCUT2D eigenvalue weighted by Gasteiger charge is -2.13. The van der Waals surface area contributed by atoms with Crippen molar-refractivity contribution in [3.63, 3.8) is 0 Å². The highest BCUT2D eigenvalue weighted by molar-refractivity contribution is 7.92. The van der Waals surface area contributed by atoms with E-state index in [9.17, 15) is 8.42 Å². The van der Waals surface area contributed by atoms with Crippen molar-refractivity contribution in [1.82, 2.24) is 15.1 Å². The SMILES string of the molecule is COc1ccc(S(=O)(=O)Nc2ccccc2Cc2nc(-c3ccncc3)no2)cc1OC. The Morgan fingerprint density at radius 2 is 1.72 bits per heavy atom. The van der Waals surface area contributed by atoms with Crippen LogP contribution in [0.1, 0.15) is 11.5 Å². The normalized spacial score (nSPS) is 11.2. The molecule has 0 radical (unpaired) electrons. The van der Waals surface area contributed by atoms with Crippen molar-refractivity contribution in [2.75, 3.05) is 18.9 Å². The molecule has 0 unspecified atom stereocenters. The largest absolute Gasteiger partial charge is 0.493 e. The Hall–Kier alpha value is -3.92. The monoisotopic (exact) mass is 452 g/mol. The number of sulfonamides is 1. The van der Waals surface area contributed by atoms with E-state index in [1.807, 2.05) is 6.07 Å². The minimum Gasteiger partial charge on any atom is -0.493 e. The molecular weight excluding hydrogens is 432 g/mol. The molecule has 4 rings (SSSR count). The van der Waals surface area contributed by atoms with Crippen molar-refractivity contribution >= 4 is 15.7 Å². The first-order valence-electron chi connectivity index (χ1n) is 9.56. The standard InChI is InChI=1S/C22H20N4O5S/c1-29-19-8-7-17(14-20(19)30-2)32(27,28)26-18-6-4-3-5-16(18)13-21-24-22(25-31-21)15-9-11-23-12-10-15/h3-12,14,26H,13H2,1-2H3. The van der Waals surface area contributed by atoms with Gasteiger partial charge < -0.3 is 14.0 Å². The van der Waals surface area contributed by atoms with Gasteiger partial charge in [-0.05, 0) is 35.9 Å². The number of benzene rings is 2. The van der Waals surface area contributed by atoms with Gasteiger partial charge in [0.2, 0.25) is 11.7 Å². The Balaban J connectivity index is 1.58. The Morgan fingerprint density at radius 1 is 0.969 bits per heavy atom. The topological polar surface area (TPSA) is 116 Å². The van der Waals surface area contributed by atoms with E-state index in [2.05, 4.69) is 19.8 Å². The van der Waals surface area contributed by atoms with E-state index in [0.717, 1.165) is 5.56 Å². The maximum absolute atomic E-state index is 13.0. The highest BCUT2D eigenvalue weighted by atomic mass is 32.2. The lowest BCUT2D eigenvalue weighted by Crippen LogP contribution is -2.14. The van der Waals surface area contributed by atoms with Crippen LogP contribution in [0.4, 0.5) is 5.69 Å². The summed E-state index contributed by atoms with van der Waals surface area (Å²) in [5.74, 6) is 1.55. The fourth-order valence-electron chi connectivity index (χ4n) is 3.07. The highest BCUT2D eigenvalue weighted by Gasteiger charge is 2.19. The molecule has 0 atom stereocenters. The zero-order chi connectivity index (χ0) is 22.6. The molecule has 0 aliphatic carbocycles. The summed E-state index contributed by atoms with van der Waals surface area (Å²) in [5, 5.41) is 3.99. The maximum atomic E-state index is 13.0. The van der Waals surface area contributed by atoms with E-state index >= 15 is 0 Å². The van der Waals surface area contributed by atoms with E-state index in [1.165, 1.54) is 26.4 Å². The molecule has 0 aliphatic rings. The third kappa shape index (κ3) is 4.54. The summed E-state index contributed by atoms with van der Waals surface area (Å²) < 4.78 is 44.4. The first kappa shape index (κ1) is 21.3. The molecule has 0 saturated heterocycles. The summed E-state index contributed by atoms with van der Waals surface area (Å²) in [6, 6.07) is 15.0. The van der Waals surface area contributed by atoms with Crippen LogP contribution in [0.2, 0.25) is 0 Å². The van der Waals surface area contributed by atoms with E-state index < -0.39 is 10.0 Å². The number of aromatic nitrogens is 3. The van der Waals surface area contributed by atoms with E-state index in [1.54, 1.807) is 48.8 Å². The second kappa shape index (κ2) is 9.06. The zero-order valence-corrected chi connectivity index (χ0v) is 18.2. The molecule has 0 fully saturated rings. The molecule has 0 bridgehead atoms. The molecule has 0 spiro atoms. The molecule has 164 valence electrons. The zero-order valence-electron chi connectivity index (χ0n) is 17.3. The van der Waals surface area contributed by atoms with Gasteiger partial charge in [0.15, 0.2) is 11.5 Å². The van der Waals surface area contributed by atoms with Crippen LogP contribution in [0, 0.1) is 0 Å². The van der Waals surface area contributed by atoms with Crippen LogP contribution in [0.3, 0.4) is 0 Å². The molecule has 2 aromatic carbocycles. The summed E-state index contributed by atoms with van der Waals surface area (Å²) >= 11 is 0. The second-order valence-corrected chi connectivity index (χ2v) is 8.39. The fraction of sp³-hybridized carbons (Fsp3) is 0.136. The number of para-hydroxylation sites is 1. The van der Waals surface area contributed by atoms with Gasteiger partial charge >= 0.3 is 0 Å². The van der Waals surface area contributed by atoms with E-state index in [0.29, 0.717) is 34.5 Å². The van der Waals surface area contributed by atoms with Gasteiger partial charge in [-0.2, -0.15) is 4.98 Å². The number of methoxy groups -OCH3 is 2. The third-order valence-corrected chi connectivity index (χ3v) is 6.04. The number of nitrogens with zero attached hydrogens (tertiary/aromatic N) is 3. The highest BCUT2D eigenvalue weighted by Crippen LogP contribution is 2.31. The molecular formula is C22H20N4O5S. The molecule has 0 amide bonds. The van der Waals surface area contributed by atoms with Gasteiger partial charge in [-0.3, -0.25) is 9.71 Å². The average molecular weight is 452 g/mol. The molecule has 2 heterocycles. The summed E-state index contributed by atoms with van der Waals surface area (Å²) in [4.78, 5) is 8.41. The van der Waals surface area contributed by atoms with Gasteiger partial charge in [-0.1, -0.05) is 23.4 Å². The van der Waals surface area contributed by atoms with Gasteiger partial charge in [0.25, 0.3) is 10.0 Å². The Bertz CT molecular complexity index is 1320. The molecule has 0 aliphatic heterocycles. The minimum atomic E-state index is -3.88. The summed E-state index contributed by atoms with van der Waals surface area (Å²) in [6.07, 6.45) is 3.54. The predicted molar refractivity (Wildman–Crippen MR) is 117 cm³/mol. The molecule has 10 heteroatoms. The molecule has 32 heavy (non-hydrogen) atoms. The van der Waals surface area contributed by atoms with Gasteiger partial charge in [0, 0.05) is 24.0 Å². The third-order valence-electron chi connectivity index (χ3n) is 4.68. The molecule has 4 aromatic rings. The van der Waals surface area contributed by atoms with Gasteiger partial charge in [0.1, 0.15) is 0 Å². The van der Waals surface area contributed by atoms with Crippen LogP contribution < -0.4 is 14.2 Å². The van der Waals surface area contributed by atoms with Crippen molar-refractivity contribution in [2.45, 2.75) is 11.3 Å². The number of rotatable bonds is 8. The quantitative estimate of drug-likeness (QED) is 0.431. The Kier molecular flexibility index (Phi) is 6.04. The number of hydrogen-bond acceptors (Lipinski definition) is 8. The number of nitrogens with one attached hydrogen (secondary N) is 1. The summed E-state index contributed by atoms with van der Waals surface area (Å²) in [7, 11) is -0.952. The van der Waals surface area contributed by atoms with Crippen LogP contribution in [0.5, 0.6) is 11.5 Å². The molecule has 9 nitrogen and oxygen atoms in total.